The number of H-pyrrole nitrogens is 1. The Morgan fingerprint density at radius 1 is 1.32 bits per heavy atom. The zero-order chi connectivity index (χ0) is 19.7. The number of carbonyl (C=O) groups excluding carboxylic acids is 1. The Kier molecular flexibility index (Phi) is 5.10. The van der Waals surface area contributed by atoms with Gasteiger partial charge in [0.2, 0.25) is 5.91 Å². The van der Waals surface area contributed by atoms with Crippen molar-refractivity contribution < 1.29 is 4.79 Å². The van der Waals surface area contributed by atoms with Crippen molar-refractivity contribution in [1.29, 1.82) is 0 Å². The second-order valence-electron chi connectivity index (χ2n) is 8.23. The number of hydrogen-bond acceptors (Lipinski definition) is 4. The highest BCUT2D eigenvalue weighted by Gasteiger charge is 2.47. The van der Waals surface area contributed by atoms with E-state index in [0.717, 1.165) is 45.4 Å². The molecule has 28 heavy (non-hydrogen) atoms. The van der Waals surface area contributed by atoms with E-state index >= 15 is 0 Å². The van der Waals surface area contributed by atoms with Crippen LogP contribution in [0.1, 0.15) is 51.0 Å². The maximum atomic E-state index is 13.0. The highest BCUT2D eigenvalue weighted by atomic mass is 16.2. The monoisotopic (exact) mass is 382 g/mol. The maximum Gasteiger partial charge on any atom is 0.247 e. The average Bonchev–Trinajstić information content (AvgIpc) is 3.39. The number of rotatable bonds is 4. The van der Waals surface area contributed by atoms with E-state index in [1.807, 2.05) is 30.4 Å². The van der Waals surface area contributed by atoms with Gasteiger partial charge in [0.25, 0.3) is 0 Å². The molecule has 1 spiro atoms. The third kappa shape index (κ3) is 3.28. The highest BCUT2D eigenvalue weighted by molar-refractivity contribution is 5.80. The number of carbonyl (C=O) groups is 1. The molecule has 0 aliphatic carbocycles. The molecule has 4 rings (SSSR count). The standard InChI is InChI=1S/C21H30N6O/c1-16(2)5-11-26-12-6-18-19(23-15-22-18)21(26)7-13-25(14-8-21)20(28)17(3)27-10-4-9-24-27/h4-5,9-10,15,17H,6-8,11-14H2,1-3H3,(H,22,23)/t17-/m1/s1. The predicted molar refractivity (Wildman–Crippen MR) is 108 cm³/mol. The number of nitrogens with one attached hydrogen (secondary N) is 1. The molecule has 1 saturated heterocycles. The Morgan fingerprint density at radius 2 is 2.11 bits per heavy atom. The summed E-state index contributed by atoms with van der Waals surface area (Å²) in [6, 6.07) is 1.59. The Labute approximate surface area is 166 Å². The summed E-state index contributed by atoms with van der Waals surface area (Å²) in [5.41, 5.74) is 3.71. The molecule has 0 bridgehead atoms. The van der Waals surface area contributed by atoms with Crippen LogP contribution in [0, 0.1) is 0 Å². The summed E-state index contributed by atoms with van der Waals surface area (Å²) in [5.74, 6) is 0.146. The molecule has 2 aromatic rings. The van der Waals surface area contributed by atoms with Crippen LogP contribution < -0.4 is 0 Å². The molecule has 4 heterocycles. The molecule has 150 valence electrons. The second kappa shape index (κ2) is 7.54. The van der Waals surface area contributed by atoms with Gasteiger partial charge in [-0.3, -0.25) is 14.4 Å². The van der Waals surface area contributed by atoms with Gasteiger partial charge in [0, 0.05) is 50.7 Å². The van der Waals surface area contributed by atoms with E-state index in [-0.39, 0.29) is 17.5 Å². The number of imidazole rings is 1. The van der Waals surface area contributed by atoms with E-state index in [0.29, 0.717) is 0 Å². The molecule has 1 amide bonds. The van der Waals surface area contributed by atoms with Crippen LogP contribution in [-0.4, -0.2) is 61.6 Å². The van der Waals surface area contributed by atoms with Crippen molar-refractivity contribution in [2.24, 2.45) is 0 Å². The number of likely N-dealkylation sites (tertiary alicyclic amines) is 1. The van der Waals surface area contributed by atoms with E-state index in [1.165, 1.54) is 17.0 Å². The fourth-order valence-corrected chi connectivity index (χ4v) is 4.62. The summed E-state index contributed by atoms with van der Waals surface area (Å²) in [5, 5.41) is 4.23. The van der Waals surface area contributed by atoms with Crippen molar-refractivity contribution in [1.82, 2.24) is 29.5 Å². The Morgan fingerprint density at radius 3 is 2.79 bits per heavy atom. The van der Waals surface area contributed by atoms with Crippen LogP contribution in [-0.2, 0) is 16.8 Å². The zero-order valence-electron chi connectivity index (χ0n) is 17.1. The van der Waals surface area contributed by atoms with Gasteiger partial charge in [-0.25, -0.2) is 4.98 Å². The van der Waals surface area contributed by atoms with Gasteiger partial charge in [0.05, 0.1) is 17.6 Å². The van der Waals surface area contributed by atoms with Crippen molar-refractivity contribution >= 4 is 5.91 Å². The van der Waals surface area contributed by atoms with Crippen LogP contribution in [0.2, 0.25) is 0 Å². The third-order valence-electron chi connectivity index (χ3n) is 6.30. The SMILES string of the molecule is CC(C)=CCN1CCc2[nH]cnc2C12CCN(C(=O)[C@@H](C)n1cccn1)CC2. The van der Waals surface area contributed by atoms with Crippen molar-refractivity contribution in [3.8, 4) is 0 Å². The second-order valence-corrected chi connectivity index (χ2v) is 8.23. The number of aromatic nitrogens is 4. The molecule has 0 saturated carbocycles. The number of nitrogens with zero attached hydrogens (tertiary/aromatic N) is 5. The summed E-state index contributed by atoms with van der Waals surface area (Å²) in [7, 11) is 0. The lowest BCUT2D eigenvalue weighted by atomic mass is 9.78. The largest absolute Gasteiger partial charge is 0.348 e. The van der Waals surface area contributed by atoms with Crippen molar-refractivity contribution in [3.05, 3.63) is 47.8 Å². The number of allylic oxidation sites excluding steroid dienone is 1. The lowest BCUT2D eigenvalue weighted by Gasteiger charge is -2.50. The number of piperidine rings is 1. The Hall–Kier alpha value is -2.41. The van der Waals surface area contributed by atoms with Gasteiger partial charge in [-0.1, -0.05) is 11.6 Å². The molecule has 2 aromatic heterocycles. The number of amides is 1. The van der Waals surface area contributed by atoms with Crippen LogP contribution in [0.4, 0.5) is 0 Å². The van der Waals surface area contributed by atoms with Crippen LogP contribution in [0.3, 0.4) is 0 Å². The minimum atomic E-state index is -0.266. The minimum Gasteiger partial charge on any atom is -0.348 e. The first-order chi connectivity index (χ1) is 13.5. The first-order valence-electron chi connectivity index (χ1n) is 10.2. The molecule has 1 N–H and O–H groups in total. The molecule has 7 nitrogen and oxygen atoms in total. The van der Waals surface area contributed by atoms with E-state index in [2.05, 4.69) is 34.9 Å². The molecule has 1 fully saturated rings. The van der Waals surface area contributed by atoms with Gasteiger partial charge in [-0.05, 0) is 39.7 Å². The Bertz CT molecular complexity index is 840. The molecule has 2 aliphatic heterocycles. The average molecular weight is 383 g/mol. The van der Waals surface area contributed by atoms with Crippen molar-refractivity contribution in [3.63, 3.8) is 0 Å². The lowest BCUT2D eigenvalue weighted by Crippen LogP contribution is -2.57. The minimum absolute atomic E-state index is 0.0781. The van der Waals surface area contributed by atoms with Gasteiger partial charge in [-0.2, -0.15) is 5.10 Å². The molecule has 7 heteroatoms. The summed E-state index contributed by atoms with van der Waals surface area (Å²) in [6.07, 6.45) is 10.5. The van der Waals surface area contributed by atoms with E-state index < -0.39 is 0 Å². The smallest absolute Gasteiger partial charge is 0.247 e. The van der Waals surface area contributed by atoms with Crippen LogP contribution >= 0.6 is 0 Å². The van der Waals surface area contributed by atoms with Gasteiger partial charge in [0.1, 0.15) is 6.04 Å². The molecule has 0 unspecified atom stereocenters. The molecule has 0 radical (unpaired) electrons. The van der Waals surface area contributed by atoms with Crippen molar-refractivity contribution in [2.75, 3.05) is 26.2 Å². The lowest BCUT2D eigenvalue weighted by molar-refractivity contribution is -0.137. The fourth-order valence-electron chi connectivity index (χ4n) is 4.62. The summed E-state index contributed by atoms with van der Waals surface area (Å²) >= 11 is 0. The maximum absolute atomic E-state index is 13.0. The topological polar surface area (TPSA) is 70.1 Å². The van der Waals surface area contributed by atoms with E-state index in [4.69, 9.17) is 4.98 Å². The van der Waals surface area contributed by atoms with E-state index in [1.54, 1.807) is 10.9 Å². The molecular formula is C21H30N6O. The summed E-state index contributed by atoms with van der Waals surface area (Å²) in [6.45, 7) is 9.68. The predicted octanol–water partition coefficient (Wildman–Crippen LogP) is 2.51. The zero-order valence-corrected chi connectivity index (χ0v) is 17.1. The third-order valence-corrected chi connectivity index (χ3v) is 6.30. The van der Waals surface area contributed by atoms with E-state index in [9.17, 15) is 4.79 Å². The molecule has 0 aromatic carbocycles. The first-order valence-corrected chi connectivity index (χ1v) is 10.2. The van der Waals surface area contributed by atoms with Crippen LogP contribution in [0.5, 0.6) is 0 Å². The number of aromatic amines is 1. The first kappa shape index (κ1) is 18.9. The molecule has 1 atom stereocenters. The summed E-state index contributed by atoms with van der Waals surface area (Å²) < 4.78 is 1.74. The highest BCUT2D eigenvalue weighted by Crippen LogP contribution is 2.42. The van der Waals surface area contributed by atoms with Gasteiger partial charge < -0.3 is 9.88 Å². The Balaban J connectivity index is 1.53. The molecule has 2 aliphatic rings. The van der Waals surface area contributed by atoms with Crippen LogP contribution in [0.15, 0.2) is 36.4 Å². The normalized spacial score (nSPS) is 20.0. The van der Waals surface area contributed by atoms with Gasteiger partial charge in [-0.15, -0.1) is 0 Å². The van der Waals surface area contributed by atoms with Crippen LogP contribution in [0.25, 0.3) is 0 Å². The van der Waals surface area contributed by atoms with Gasteiger partial charge >= 0.3 is 0 Å². The number of fused-ring (bicyclic) bond motifs is 2. The summed E-state index contributed by atoms with van der Waals surface area (Å²) in [4.78, 5) is 25.6. The fraction of sp³-hybridized carbons (Fsp3) is 0.571. The van der Waals surface area contributed by atoms with Gasteiger partial charge in [0.15, 0.2) is 0 Å². The quantitative estimate of drug-likeness (QED) is 0.825. The molecular weight excluding hydrogens is 352 g/mol. The number of hydrogen-bond donors (Lipinski definition) is 1. The van der Waals surface area contributed by atoms with Crippen molar-refractivity contribution in [2.45, 2.75) is 51.6 Å².